The molecule has 0 atom stereocenters. The van der Waals surface area contributed by atoms with Gasteiger partial charge in [0.2, 0.25) is 0 Å². The summed E-state index contributed by atoms with van der Waals surface area (Å²) in [4.78, 5) is 33.0. The van der Waals surface area contributed by atoms with E-state index in [0.717, 1.165) is 54.8 Å². The Labute approximate surface area is 217 Å². The predicted molar refractivity (Wildman–Crippen MR) is 144 cm³/mol. The van der Waals surface area contributed by atoms with Crippen molar-refractivity contribution in [1.82, 2.24) is 9.88 Å². The van der Waals surface area contributed by atoms with E-state index < -0.39 is 0 Å². The predicted octanol–water partition coefficient (Wildman–Crippen LogP) is 6.58. The normalized spacial score (nSPS) is 12.9. The highest BCUT2D eigenvalue weighted by molar-refractivity contribution is 7.23. The van der Waals surface area contributed by atoms with E-state index >= 15 is 0 Å². The fourth-order valence-electron chi connectivity index (χ4n) is 4.19. The number of thiazole rings is 1. The monoisotopic (exact) mass is 521 g/mol. The molecule has 5 rings (SSSR count). The number of amides is 2. The largest absolute Gasteiger partial charge is 0.494 e. The number of thiophene rings is 1. The summed E-state index contributed by atoms with van der Waals surface area (Å²) in [5, 5.41) is 4.75. The van der Waals surface area contributed by atoms with Gasteiger partial charge in [-0.2, -0.15) is 0 Å². The minimum absolute atomic E-state index is 0.194. The zero-order valence-corrected chi connectivity index (χ0v) is 21.8. The van der Waals surface area contributed by atoms with Gasteiger partial charge in [-0.1, -0.05) is 25.5 Å². The van der Waals surface area contributed by atoms with E-state index in [2.05, 4.69) is 18.3 Å². The molecule has 0 bridgehead atoms. The lowest BCUT2D eigenvalue weighted by Crippen LogP contribution is -2.35. The van der Waals surface area contributed by atoms with Gasteiger partial charge in [-0.05, 0) is 54.8 Å². The molecule has 0 unspecified atom stereocenters. The average Bonchev–Trinajstić information content (AvgIpc) is 3.48. The van der Waals surface area contributed by atoms with E-state index in [-0.39, 0.29) is 12.0 Å². The summed E-state index contributed by atoms with van der Waals surface area (Å²) in [6, 6.07) is 15.2. The zero-order chi connectivity index (χ0) is 25.1. The molecule has 0 saturated heterocycles. The highest BCUT2D eigenvalue weighted by Crippen LogP contribution is 2.45. The first-order valence-corrected chi connectivity index (χ1v) is 13.6. The van der Waals surface area contributed by atoms with Crippen LogP contribution in [-0.2, 0) is 17.7 Å². The molecule has 0 fully saturated rings. The van der Waals surface area contributed by atoms with E-state index in [1.807, 2.05) is 30.3 Å². The Kier molecular flexibility index (Phi) is 7.20. The maximum Gasteiger partial charge on any atom is 0.409 e. The third kappa shape index (κ3) is 4.94. The number of fused-ring (bicyclic) bond motifs is 2. The van der Waals surface area contributed by atoms with Crippen molar-refractivity contribution < 1.29 is 19.1 Å². The van der Waals surface area contributed by atoms with Crippen molar-refractivity contribution in [2.45, 2.75) is 32.7 Å². The molecule has 0 spiro atoms. The number of methoxy groups -OCH3 is 1. The number of nitrogens with zero attached hydrogens (tertiary/aromatic N) is 2. The van der Waals surface area contributed by atoms with Gasteiger partial charge >= 0.3 is 6.09 Å². The summed E-state index contributed by atoms with van der Waals surface area (Å²) >= 11 is 3.11. The van der Waals surface area contributed by atoms with Gasteiger partial charge < -0.3 is 19.7 Å². The van der Waals surface area contributed by atoms with Gasteiger partial charge in [0.25, 0.3) is 5.91 Å². The Morgan fingerprint density at radius 3 is 2.67 bits per heavy atom. The van der Waals surface area contributed by atoms with Crippen molar-refractivity contribution in [2.24, 2.45) is 0 Å². The molecular weight excluding hydrogens is 494 g/mol. The number of unbranched alkanes of at least 4 members (excludes halogenated alkanes) is 1. The molecule has 0 aliphatic carbocycles. The van der Waals surface area contributed by atoms with Crippen LogP contribution in [0.25, 0.3) is 20.8 Å². The van der Waals surface area contributed by atoms with Gasteiger partial charge in [0.05, 0.1) is 30.5 Å². The Hall–Kier alpha value is -3.43. The third-order valence-corrected chi connectivity index (χ3v) is 8.29. The number of carbonyl (C=O) groups excluding carboxylic acids is 2. The summed E-state index contributed by atoms with van der Waals surface area (Å²) in [6.45, 7) is 3.79. The van der Waals surface area contributed by atoms with Gasteiger partial charge in [-0.25, -0.2) is 9.78 Å². The van der Waals surface area contributed by atoms with Crippen LogP contribution in [0.2, 0.25) is 0 Å². The first-order chi connectivity index (χ1) is 17.6. The molecule has 0 radical (unpaired) electrons. The molecule has 4 aromatic rings. The van der Waals surface area contributed by atoms with Gasteiger partial charge in [0.1, 0.15) is 15.8 Å². The Bertz CT molecular complexity index is 1360. The second-order valence-electron chi connectivity index (χ2n) is 8.52. The lowest BCUT2D eigenvalue weighted by atomic mass is 10.0. The maximum absolute atomic E-state index is 13.2. The lowest BCUT2D eigenvalue weighted by molar-refractivity contribution is 0.102. The Morgan fingerprint density at radius 1 is 1.11 bits per heavy atom. The summed E-state index contributed by atoms with van der Waals surface area (Å²) in [7, 11) is 1.39. The van der Waals surface area contributed by atoms with Crippen molar-refractivity contribution in [3.63, 3.8) is 0 Å². The van der Waals surface area contributed by atoms with Crippen LogP contribution in [0.4, 0.5) is 9.80 Å². The van der Waals surface area contributed by atoms with Gasteiger partial charge in [-0.3, -0.25) is 4.79 Å². The molecule has 0 saturated carbocycles. The molecule has 2 aromatic carbocycles. The standard InChI is InChI=1S/C27H27N3O4S2/c1-3-4-15-34-18-11-9-17(10-12-18)24(31)29-26-23(25-28-20-7-5-6-8-21(20)35-25)19-13-14-30(27(32)33-2)16-22(19)36-26/h5-12H,3-4,13-16H2,1-2H3,(H,29,31). The van der Waals surface area contributed by atoms with Crippen LogP contribution in [0.5, 0.6) is 5.75 Å². The second-order valence-corrected chi connectivity index (χ2v) is 10.7. The summed E-state index contributed by atoms with van der Waals surface area (Å²) in [5.41, 5.74) is 3.57. The Morgan fingerprint density at radius 2 is 1.92 bits per heavy atom. The van der Waals surface area contributed by atoms with Crippen molar-refractivity contribution in [2.75, 3.05) is 25.6 Å². The Balaban J connectivity index is 1.46. The van der Waals surface area contributed by atoms with Crippen LogP contribution >= 0.6 is 22.7 Å². The summed E-state index contributed by atoms with van der Waals surface area (Å²) in [6.07, 6.45) is 2.39. The number of ether oxygens (including phenoxy) is 2. The number of aromatic nitrogens is 1. The molecule has 186 valence electrons. The fourth-order valence-corrected chi connectivity index (χ4v) is 6.56. The van der Waals surface area contributed by atoms with Crippen LogP contribution in [0.15, 0.2) is 48.5 Å². The maximum atomic E-state index is 13.2. The zero-order valence-electron chi connectivity index (χ0n) is 20.2. The minimum atomic E-state index is -0.345. The number of rotatable bonds is 7. The van der Waals surface area contributed by atoms with E-state index in [4.69, 9.17) is 14.5 Å². The number of carbonyl (C=O) groups is 2. The van der Waals surface area contributed by atoms with Crippen molar-refractivity contribution in [1.29, 1.82) is 0 Å². The number of benzene rings is 2. The SMILES string of the molecule is CCCCOc1ccc(C(=O)Nc2sc3c(c2-c2nc4ccccc4s2)CCN(C(=O)OC)C3)cc1. The van der Waals surface area contributed by atoms with Crippen LogP contribution in [0.3, 0.4) is 0 Å². The van der Waals surface area contributed by atoms with Crippen LogP contribution in [-0.4, -0.2) is 42.1 Å². The van der Waals surface area contributed by atoms with E-state index in [1.165, 1.54) is 18.4 Å². The number of para-hydroxylation sites is 1. The number of nitrogens with one attached hydrogen (secondary N) is 1. The van der Waals surface area contributed by atoms with Gasteiger partial charge in [0, 0.05) is 22.5 Å². The van der Waals surface area contributed by atoms with Crippen molar-refractivity contribution in [3.05, 3.63) is 64.5 Å². The molecular formula is C27H27N3O4S2. The van der Waals surface area contributed by atoms with Crippen molar-refractivity contribution in [3.8, 4) is 16.3 Å². The van der Waals surface area contributed by atoms with Crippen LogP contribution in [0.1, 0.15) is 40.6 Å². The van der Waals surface area contributed by atoms with Crippen LogP contribution < -0.4 is 10.1 Å². The molecule has 7 nitrogen and oxygen atoms in total. The molecule has 2 aromatic heterocycles. The molecule has 9 heteroatoms. The topological polar surface area (TPSA) is 80.8 Å². The van der Waals surface area contributed by atoms with Crippen LogP contribution in [0, 0.1) is 0 Å². The number of hydrogen-bond donors (Lipinski definition) is 1. The first-order valence-electron chi connectivity index (χ1n) is 11.9. The van der Waals surface area contributed by atoms with E-state index in [9.17, 15) is 9.59 Å². The average molecular weight is 522 g/mol. The van der Waals surface area contributed by atoms with E-state index in [1.54, 1.807) is 28.4 Å². The summed E-state index contributed by atoms with van der Waals surface area (Å²) < 4.78 is 11.7. The smallest absolute Gasteiger partial charge is 0.409 e. The van der Waals surface area contributed by atoms with Crippen molar-refractivity contribution >= 4 is 49.9 Å². The molecule has 1 N–H and O–H groups in total. The first kappa shape index (κ1) is 24.3. The third-order valence-electron chi connectivity index (χ3n) is 6.11. The highest BCUT2D eigenvalue weighted by Gasteiger charge is 2.30. The fraction of sp³-hybridized carbons (Fsp3) is 0.296. The molecule has 2 amide bonds. The van der Waals surface area contributed by atoms with Gasteiger partial charge in [-0.15, -0.1) is 22.7 Å². The number of hydrogen-bond acceptors (Lipinski definition) is 7. The second kappa shape index (κ2) is 10.7. The number of anilines is 1. The molecule has 1 aliphatic heterocycles. The minimum Gasteiger partial charge on any atom is -0.494 e. The molecule has 3 heterocycles. The van der Waals surface area contributed by atoms with Gasteiger partial charge in [0.15, 0.2) is 0 Å². The lowest BCUT2D eigenvalue weighted by Gasteiger charge is -2.25. The summed E-state index contributed by atoms with van der Waals surface area (Å²) in [5.74, 6) is 0.561. The molecule has 36 heavy (non-hydrogen) atoms. The quantitative estimate of drug-likeness (QED) is 0.278. The highest BCUT2D eigenvalue weighted by atomic mass is 32.1. The van der Waals surface area contributed by atoms with E-state index in [0.29, 0.717) is 31.7 Å². The molecule has 1 aliphatic rings.